The van der Waals surface area contributed by atoms with Crippen LogP contribution >= 0.6 is 11.8 Å². The summed E-state index contributed by atoms with van der Waals surface area (Å²) in [6, 6.07) is 10.4. The quantitative estimate of drug-likeness (QED) is 0.940. The summed E-state index contributed by atoms with van der Waals surface area (Å²) >= 11 is 1.40. The molecule has 0 amide bonds. The van der Waals surface area contributed by atoms with Crippen LogP contribution in [0.1, 0.15) is 12.0 Å². The summed E-state index contributed by atoms with van der Waals surface area (Å²) in [5.74, 6) is 1.05. The predicted octanol–water partition coefficient (Wildman–Crippen LogP) is 3.63. The van der Waals surface area contributed by atoms with Gasteiger partial charge in [0.2, 0.25) is 0 Å². The molecule has 0 bridgehead atoms. The van der Waals surface area contributed by atoms with E-state index in [1.807, 2.05) is 18.2 Å². The van der Waals surface area contributed by atoms with E-state index < -0.39 is 5.82 Å². The van der Waals surface area contributed by atoms with Crippen molar-refractivity contribution >= 4 is 11.8 Å². The van der Waals surface area contributed by atoms with Crippen molar-refractivity contribution < 1.29 is 19.0 Å². The average molecular weight is 306 g/mol. The summed E-state index contributed by atoms with van der Waals surface area (Å²) in [5, 5.41) is 9.31. The Morgan fingerprint density at radius 3 is 2.71 bits per heavy atom. The summed E-state index contributed by atoms with van der Waals surface area (Å²) in [6.07, 6.45) is 0.857. The van der Waals surface area contributed by atoms with E-state index in [4.69, 9.17) is 9.47 Å². The molecular weight excluding hydrogens is 291 g/mol. The Kier molecular flexibility index (Phi) is 4.31. The van der Waals surface area contributed by atoms with E-state index in [2.05, 4.69) is 0 Å². The maximum atomic E-state index is 13.7. The van der Waals surface area contributed by atoms with Gasteiger partial charge in [0.25, 0.3) is 0 Å². The second-order valence-electron chi connectivity index (χ2n) is 4.64. The fourth-order valence-electron chi connectivity index (χ4n) is 2.12. The molecule has 1 aliphatic rings. The molecule has 0 radical (unpaired) electrons. The molecule has 2 aromatic carbocycles. The third-order valence-electron chi connectivity index (χ3n) is 3.18. The number of rotatable bonds is 3. The zero-order valence-electron chi connectivity index (χ0n) is 11.3. The largest absolute Gasteiger partial charge is 0.490 e. The van der Waals surface area contributed by atoms with Crippen molar-refractivity contribution in [2.75, 3.05) is 13.2 Å². The van der Waals surface area contributed by atoms with Gasteiger partial charge in [0.1, 0.15) is 5.82 Å². The number of fused-ring (bicyclic) bond motifs is 1. The molecule has 3 rings (SSSR count). The summed E-state index contributed by atoms with van der Waals surface area (Å²) < 4.78 is 24.9. The summed E-state index contributed by atoms with van der Waals surface area (Å²) in [7, 11) is 0. The van der Waals surface area contributed by atoms with E-state index in [-0.39, 0.29) is 6.61 Å². The molecule has 5 heteroatoms. The van der Waals surface area contributed by atoms with Gasteiger partial charge in [-0.25, -0.2) is 4.39 Å². The van der Waals surface area contributed by atoms with E-state index in [9.17, 15) is 9.50 Å². The molecule has 0 fully saturated rings. The first-order chi connectivity index (χ1) is 10.3. The molecule has 0 aromatic heterocycles. The molecule has 0 saturated heterocycles. The highest BCUT2D eigenvalue weighted by Crippen LogP contribution is 2.38. The Morgan fingerprint density at radius 1 is 1.10 bits per heavy atom. The third-order valence-corrected chi connectivity index (χ3v) is 4.27. The topological polar surface area (TPSA) is 38.7 Å². The highest BCUT2D eigenvalue weighted by Gasteiger charge is 2.13. The van der Waals surface area contributed by atoms with Crippen LogP contribution in [-0.2, 0) is 6.61 Å². The lowest BCUT2D eigenvalue weighted by molar-refractivity contribution is 0.272. The fraction of sp³-hybridized carbons (Fsp3) is 0.250. The van der Waals surface area contributed by atoms with Crippen LogP contribution in [0.15, 0.2) is 46.2 Å². The van der Waals surface area contributed by atoms with Gasteiger partial charge in [-0.1, -0.05) is 17.8 Å². The van der Waals surface area contributed by atoms with Gasteiger partial charge in [0.05, 0.1) is 19.8 Å². The normalized spacial score (nSPS) is 13.8. The number of benzene rings is 2. The van der Waals surface area contributed by atoms with Crippen molar-refractivity contribution in [2.24, 2.45) is 0 Å². The van der Waals surface area contributed by atoms with Crippen LogP contribution in [-0.4, -0.2) is 18.3 Å². The fourth-order valence-corrected chi connectivity index (χ4v) is 3.11. The van der Waals surface area contributed by atoms with Crippen LogP contribution in [0.3, 0.4) is 0 Å². The second-order valence-corrected chi connectivity index (χ2v) is 5.75. The second kappa shape index (κ2) is 6.37. The van der Waals surface area contributed by atoms with Crippen molar-refractivity contribution in [1.29, 1.82) is 0 Å². The van der Waals surface area contributed by atoms with E-state index in [1.165, 1.54) is 17.8 Å². The first-order valence-corrected chi connectivity index (χ1v) is 7.55. The van der Waals surface area contributed by atoms with Gasteiger partial charge in [-0.15, -0.1) is 0 Å². The van der Waals surface area contributed by atoms with Crippen LogP contribution in [0.5, 0.6) is 11.5 Å². The molecular formula is C16H15FO3S. The Hall–Kier alpha value is -1.72. The van der Waals surface area contributed by atoms with E-state index in [0.717, 1.165) is 17.1 Å². The van der Waals surface area contributed by atoms with Gasteiger partial charge < -0.3 is 14.6 Å². The minimum absolute atomic E-state index is 0.314. The third kappa shape index (κ3) is 3.14. The minimum atomic E-state index is -0.392. The van der Waals surface area contributed by atoms with Crippen molar-refractivity contribution in [3.63, 3.8) is 0 Å². The summed E-state index contributed by atoms with van der Waals surface area (Å²) in [4.78, 5) is 1.62. The number of halogens is 1. The standard InChI is InChI=1S/C16H15FO3S/c17-13-3-1-4-16(12(13)10-18)21-11-5-6-14-15(9-11)20-8-2-7-19-14/h1,3-6,9,18H,2,7-8,10H2. The van der Waals surface area contributed by atoms with Crippen molar-refractivity contribution in [3.05, 3.63) is 47.8 Å². The molecule has 1 N–H and O–H groups in total. The van der Waals surface area contributed by atoms with Gasteiger partial charge >= 0.3 is 0 Å². The average Bonchev–Trinajstić information content (AvgIpc) is 2.72. The molecule has 2 aromatic rings. The molecule has 21 heavy (non-hydrogen) atoms. The molecule has 1 heterocycles. The molecule has 0 spiro atoms. The highest BCUT2D eigenvalue weighted by molar-refractivity contribution is 7.99. The number of hydrogen-bond donors (Lipinski definition) is 1. The van der Waals surface area contributed by atoms with Crippen LogP contribution in [0.25, 0.3) is 0 Å². The lowest BCUT2D eigenvalue weighted by atomic mass is 10.2. The summed E-state index contributed by atoms with van der Waals surface area (Å²) in [6.45, 7) is 0.959. The van der Waals surface area contributed by atoms with Crippen molar-refractivity contribution in [1.82, 2.24) is 0 Å². The highest BCUT2D eigenvalue weighted by atomic mass is 32.2. The minimum Gasteiger partial charge on any atom is -0.490 e. The van der Waals surface area contributed by atoms with Crippen LogP contribution in [0.4, 0.5) is 4.39 Å². The van der Waals surface area contributed by atoms with Gasteiger partial charge in [-0.05, 0) is 30.3 Å². The maximum Gasteiger partial charge on any atom is 0.162 e. The number of aliphatic hydroxyl groups excluding tert-OH is 1. The Morgan fingerprint density at radius 2 is 1.90 bits per heavy atom. The SMILES string of the molecule is OCc1c(F)cccc1Sc1ccc2c(c1)OCCCO2. The Balaban J connectivity index is 1.89. The van der Waals surface area contributed by atoms with Crippen LogP contribution in [0.2, 0.25) is 0 Å². The molecule has 1 aliphatic heterocycles. The number of ether oxygens (including phenoxy) is 2. The van der Waals surface area contributed by atoms with Gasteiger partial charge in [0.15, 0.2) is 11.5 Å². The lowest BCUT2D eigenvalue weighted by Crippen LogP contribution is -1.97. The number of aliphatic hydroxyl groups is 1. The van der Waals surface area contributed by atoms with E-state index in [1.54, 1.807) is 12.1 Å². The van der Waals surface area contributed by atoms with Gasteiger partial charge in [0, 0.05) is 21.8 Å². The molecule has 0 unspecified atom stereocenters. The van der Waals surface area contributed by atoms with Gasteiger partial charge in [-0.2, -0.15) is 0 Å². The molecule has 110 valence electrons. The first-order valence-electron chi connectivity index (χ1n) is 6.73. The zero-order chi connectivity index (χ0) is 14.7. The van der Waals surface area contributed by atoms with E-state index in [0.29, 0.717) is 29.4 Å². The zero-order valence-corrected chi connectivity index (χ0v) is 12.2. The monoisotopic (exact) mass is 306 g/mol. The van der Waals surface area contributed by atoms with E-state index >= 15 is 0 Å². The van der Waals surface area contributed by atoms with Gasteiger partial charge in [-0.3, -0.25) is 0 Å². The molecule has 0 aliphatic carbocycles. The van der Waals surface area contributed by atoms with Crippen LogP contribution in [0, 0.1) is 5.82 Å². The Bertz CT molecular complexity index is 645. The lowest BCUT2D eigenvalue weighted by Gasteiger charge is -2.11. The molecule has 0 saturated carbocycles. The molecule has 0 atom stereocenters. The van der Waals surface area contributed by atoms with Crippen molar-refractivity contribution in [3.8, 4) is 11.5 Å². The smallest absolute Gasteiger partial charge is 0.162 e. The predicted molar refractivity (Wildman–Crippen MR) is 78.5 cm³/mol. The number of hydrogen-bond acceptors (Lipinski definition) is 4. The Labute approximate surface area is 126 Å². The van der Waals surface area contributed by atoms with Crippen LogP contribution < -0.4 is 9.47 Å². The molecule has 3 nitrogen and oxygen atoms in total. The van der Waals surface area contributed by atoms with Crippen molar-refractivity contribution in [2.45, 2.75) is 22.8 Å². The summed E-state index contributed by atoms with van der Waals surface area (Å²) in [5.41, 5.74) is 0.314. The first kappa shape index (κ1) is 14.2. The maximum absolute atomic E-state index is 13.7.